The summed E-state index contributed by atoms with van der Waals surface area (Å²) < 4.78 is 71.5. The summed E-state index contributed by atoms with van der Waals surface area (Å²) in [6, 6.07) is 8.36. The molecule has 4 rings (SSSR count). The highest BCUT2D eigenvalue weighted by Gasteiger charge is 2.28. The van der Waals surface area contributed by atoms with Crippen LogP contribution in [0.4, 0.5) is 19.1 Å². The van der Waals surface area contributed by atoms with Crippen molar-refractivity contribution < 1.29 is 26.3 Å². The molecule has 1 aromatic carbocycles. The number of piperidine rings is 1. The molecule has 1 aliphatic rings. The molecule has 1 saturated heterocycles. The van der Waals surface area contributed by atoms with E-state index in [0.29, 0.717) is 29.1 Å². The third-order valence-corrected chi connectivity index (χ3v) is 7.08. The Morgan fingerprint density at radius 2 is 1.75 bits per heavy atom. The number of benzene rings is 1. The Morgan fingerprint density at radius 1 is 1.11 bits per heavy atom. The van der Waals surface area contributed by atoms with E-state index in [1.165, 1.54) is 48.8 Å². The first kappa shape index (κ1) is 25.8. The summed E-state index contributed by atoms with van der Waals surface area (Å²) in [6.07, 6.45) is 0.00558. The molecule has 3 aromatic rings. The molecule has 0 radical (unpaired) electrons. The molecule has 13 heteroatoms. The van der Waals surface area contributed by atoms with Gasteiger partial charge in [0.2, 0.25) is 16.0 Å². The zero-order chi connectivity index (χ0) is 25.9. The van der Waals surface area contributed by atoms with Crippen LogP contribution in [0.15, 0.2) is 53.7 Å². The number of anilines is 1. The number of sulfonamides is 1. The van der Waals surface area contributed by atoms with Crippen LogP contribution >= 0.6 is 0 Å². The average molecular weight is 523 g/mol. The van der Waals surface area contributed by atoms with Gasteiger partial charge in [-0.25, -0.2) is 28.1 Å². The van der Waals surface area contributed by atoms with Crippen molar-refractivity contribution in [3.63, 3.8) is 0 Å². The van der Waals surface area contributed by atoms with Crippen molar-refractivity contribution in [3.05, 3.63) is 48.8 Å². The SMILES string of the molecule is CN1CCC[C@H](NS(=O)(=O)c2cc(-c3ccc(OCC(F)(F)F)cc3)nc(-c3cnc(N)nc3)c2)C1. The molecule has 0 spiro atoms. The second-order valence-corrected chi connectivity index (χ2v) is 10.3. The molecule has 2 aromatic heterocycles. The van der Waals surface area contributed by atoms with Gasteiger partial charge < -0.3 is 15.4 Å². The molecule has 0 unspecified atom stereocenters. The molecule has 0 bridgehead atoms. The molecular weight excluding hydrogens is 497 g/mol. The smallest absolute Gasteiger partial charge is 0.422 e. The second-order valence-electron chi connectivity index (χ2n) is 8.55. The van der Waals surface area contributed by atoms with Gasteiger partial charge in [0.1, 0.15) is 5.75 Å². The third-order valence-electron chi connectivity index (χ3n) is 5.58. The molecule has 0 saturated carbocycles. The Morgan fingerprint density at radius 3 is 2.36 bits per heavy atom. The van der Waals surface area contributed by atoms with Gasteiger partial charge in [0, 0.05) is 36.1 Å². The van der Waals surface area contributed by atoms with Crippen LogP contribution in [0.5, 0.6) is 5.75 Å². The van der Waals surface area contributed by atoms with Crippen molar-refractivity contribution in [3.8, 4) is 28.3 Å². The number of pyridine rings is 1. The van der Waals surface area contributed by atoms with E-state index in [9.17, 15) is 21.6 Å². The van der Waals surface area contributed by atoms with Crippen LogP contribution in [0.1, 0.15) is 12.8 Å². The fraction of sp³-hybridized carbons (Fsp3) is 0.348. The highest BCUT2D eigenvalue weighted by molar-refractivity contribution is 7.89. The lowest BCUT2D eigenvalue weighted by Gasteiger charge is -2.30. The number of hydrogen-bond acceptors (Lipinski definition) is 8. The van der Waals surface area contributed by atoms with Crippen LogP contribution in [0.3, 0.4) is 0 Å². The Hall–Kier alpha value is -3.29. The quantitative estimate of drug-likeness (QED) is 0.485. The van der Waals surface area contributed by atoms with E-state index >= 15 is 0 Å². The Bertz CT molecular complexity index is 1300. The number of nitrogens with one attached hydrogen (secondary N) is 1. The van der Waals surface area contributed by atoms with Crippen LogP contribution in [-0.2, 0) is 10.0 Å². The number of likely N-dealkylation sites (tertiary alicyclic amines) is 1. The minimum atomic E-state index is -4.46. The van der Waals surface area contributed by atoms with Crippen molar-refractivity contribution in [2.45, 2.75) is 30.0 Å². The molecule has 3 N–H and O–H groups in total. The average Bonchev–Trinajstić information content (AvgIpc) is 2.82. The van der Waals surface area contributed by atoms with Crippen molar-refractivity contribution in [2.75, 3.05) is 32.5 Å². The van der Waals surface area contributed by atoms with Crippen molar-refractivity contribution in [1.29, 1.82) is 0 Å². The van der Waals surface area contributed by atoms with Gasteiger partial charge in [-0.1, -0.05) is 0 Å². The Labute approximate surface area is 206 Å². The maximum Gasteiger partial charge on any atom is 0.422 e. The lowest BCUT2D eigenvalue weighted by Crippen LogP contribution is -2.46. The number of rotatable bonds is 7. The fourth-order valence-electron chi connectivity index (χ4n) is 3.86. The first-order chi connectivity index (χ1) is 17.0. The summed E-state index contributed by atoms with van der Waals surface area (Å²) in [5, 5.41) is 0. The van der Waals surface area contributed by atoms with Gasteiger partial charge in [0.15, 0.2) is 6.61 Å². The summed E-state index contributed by atoms with van der Waals surface area (Å²) in [5.41, 5.74) is 7.10. The largest absolute Gasteiger partial charge is 0.484 e. The molecule has 1 aliphatic heterocycles. The molecule has 192 valence electrons. The van der Waals surface area contributed by atoms with Crippen molar-refractivity contribution in [1.82, 2.24) is 24.6 Å². The summed E-state index contributed by atoms with van der Waals surface area (Å²) in [4.78, 5) is 14.5. The van der Waals surface area contributed by atoms with Crippen LogP contribution in [0, 0.1) is 0 Å². The number of ether oxygens (including phenoxy) is 1. The number of nitrogens with zero attached hydrogens (tertiary/aromatic N) is 4. The standard InChI is InChI=1S/C23H25F3N6O3S/c1-32-8-2-3-17(13-32)31-36(33,34)19-9-20(30-21(10-19)16-11-28-22(27)29-12-16)15-4-6-18(7-5-15)35-14-23(24,25)26/h4-7,9-12,17,31H,2-3,8,13-14H2,1H3,(H2,27,28,29)/t17-/m0/s1. The summed E-state index contributed by atoms with van der Waals surface area (Å²) in [5.74, 6) is 0.0791. The highest BCUT2D eigenvalue weighted by Crippen LogP contribution is 2.29. The number of hydrogen-bond donors (Lipinski definition) is 2. The molecule has 0 amide bonds. The van der Waals surface area contributed by atoms with Crippen molar-refractivity contribution >= 4 is 16.0 Å². The van der Waals surface area contributed by atoms with Crippen LogP contribution < -0.4 is 15.2 Å². The van der Waals surface area contributed by atoms with Gasteiger partial charge in [-0.2, -0.15) is 13.2 Å². The summed E-state index contributed by atoms with van der Waals surface area (Å²) >= 11 is 0. The Kier molecular flexibility index (Phi) is 7.43. The predicted molar refractivity (Wildman–Crippen MR) is 128 cm³/mol. The normalized spacial score (nSPS) is 17.2. The zero-order valence-corrected chi connectivity index (χ0v) is 20.2. The Balaban J connectivity index is 1.69. The highest BCUT2D eigenvalue weighted by atomic mass is 32.2. The number of aromatic nitrogens is 3. The van der Waals surface area contributed by atoms with Gasteiger partial charge in [-0.15, -0.1) is 0 Å². The summed E-state index contributed by atoms with van der Waals surface area (Å²) in [6.45, 7) is 0.0818. The molecule has 3 heterocycles. The van der Waals surface area contributed by atoms with Crippen LogP contribution in [0.25, 0.3) is 22.5 Å². The van der Waals surface area contributed by atoms with E-state index in [1.807, 2.05) is 7.05 Å². The number of alkyl halides is 3. The number of likely N-dealkylation sites (N-methyl/N-ethyl adjacent to an activating group) is 1. The van der Waals surface area contributed by atoms with E-state index in [-0.39, 0.29) is 22.6 Å². The van der Waals surface area contributed by atoms with Gasteiger partial charge >= 0.3 is 6.18 Å². The minimum Gasteiger partial charge on any atom is -0.484 e. The zero-order valence-electron chi connectivity index (χ0n) is 19.4. The van der Waals surface area contributed by atoms with Crippen LogP contribution in [0.2, 0.25) is 0 Å². The molecule has 0 aliphatic carbocycles. The topological polar surface area (TPSA) is 123 Å². The van der Waals surface area contributed by atoms with Gasteiger partial charge in [0.05, 0.1) is 16.3 Å². The minimum absolute atomic E-state index is 0.00931. The lowest BCUT2D eigenvalue weighted by atomic mass is 10.1. The van der Waals surface area contributed by atoms with Crippen LogP contribution in [-0.4, -0.2) is 67.2 Å². The first-order valence-electron chi connectivity index (χ1n) is 11.1. The monoisotopic (exact) mass is 522 g/mol. The molecule has 1 atom stereocenters. The second kappa shape index (κ2) is 10.4. The number of nitrogens with two attached hydrogens (primary N) is 1. The predicted octanol–water partition coefficient (Wildman–Crippen LogP) is 3.10. The molecule has 1 fully saturated rings. The molecular formula is C23H25F3N6O3S. The lowest BCUT2D eigenvalue weighted by molar-refractivity contribution is -0.153. The van der Waals surface area contributed by atoms with E-state index in [4.69, 9.17) is 10.5 Å². The van der Waals surface area contributed by atoms with Gasteiger partial charge in [-0.05, 0) is 62.8 Å². The third kappa shape index (κ3) is 6.68. The maximum absolute atomic E-state index is 13.3. The number of halogens is 3. The first-order valence-corrected chi connectivity index (χ1v) is 12.6. The summed E-state index contributed by atoms with van der Waals surface area (Å²) in [7, 11) is -1.98. The van der Waals surface area contributed by atoms with Gasteiger partial charge in [-0.3, -0.25) is 0 Å². The van der Waals surface area contributed by atoms with Gasteiger partial charge in [0.25, 0.3) is 0 Å². The maximum atomic E-state index is 13.3. The number of nitrogen functional groups attached to an aromatic ring is 1. The van der Waals surface area contributed by atoms with E-state index < -0.39 is 22.8 Å². The molecule has 36 heavy (non-hydrogen) atoms. The van der Waals surface area contributed by atoms with E-state index in [2.05, 4.69) is 24.6 Å². The van der Waals surface area contributed by atoms with E-state index in [0.717, 1.165) is 19.4 Å². The molecule has 9 nitrogen and oxygen atoms in total. The van der Waals surface area contributed by atoms with E-state index in [1.54, 1.807) is 0 Å². The van der Waals surface area contributed by atoms with Crippen molar-refractivity contribution in [2.24, 2.45) is 0 Å². The fourth-order valence-corrected chi connectivity index (χ4v) is 5.16.